The summed E-state index contributed by atoms with van der Waals surface area (Å²) >= 11 is 0. The normalized spacial score (nSPS) is 11.4. The van der Waals surface area contributed by atoms with Gasteiger partial charge in [-0.05, 0) is 23.8 Å². The Labute approximate surface area is 118 Å². The van der Waals surface area contributed by atoms with Crippen LogP contribution in [0.4, 0.5) is 13.2 Å². The van der Waals surface area contributed by atoms with Crippen LogP contribution in [-0.2, 0) is 9.53 Å². The molecule has 0 saturated heterocycles. The quantitative estimate of drug-likeness (QED) is 0.362. The summed E-state index contributed by atoms with van der Waals surface area (Å²) in [5, 5.41) is 8.85. The van der Waals surface area contributed by atoms with Gasteiger partial charge in [0.2, 0.25) is 0 Å². The molecule has 4 nitrogen and oxygen atoms in total. The number of esters is 1. The first-order valence-electron chi connectivity index (χ1n) is 5.61. The average molecular weight is 297 g/mol. The highest BCUT2D eigenvalue weighted by atomic mass is 19.4. The van der Waals surface area contributed by atoms with Gasteiger partial charge in [-0.1, -0.05) is 24.8 Å². The lowest BCUT2D eigenvalue weighted by Crippen LogP contribution is -2.16. The predicted octanol–water partition coefficient (Wildman–Crippen LogP) is 3.22. The minimum Gasteiger partial charge on any atom is -0.457 e. The predicted molar refractivity (Wildman–Crippen MR) is 67.9 cm³/mol. The summed E-state index contributed by atoms with van der Waals surface area (Å²) in [5.74, 6) is -1.24. The molecule has 0 aliphatic carbocycles. The van der Waals surface area contributed by atoms with Crippen LogP contribution in [0.3, 0.4) is 0 Å². The first-order chi connectivity index (χ1) is 9.85. The van der Waals surface area contributed by atoms with Crippen LogP contribution in [-0.4, -0.2) is 18.9 Å². The fourth-order valence-electron chi connectivity index (χ4n) is 1.28. The van der Waals surface area contributed by atoms with Crippen molar-refractivity contribution in [2.45, 2.75) is 6.36 Å². The van der Waals surface area contributed by atoms with Crippen LogP contribution in [0.5, 0.6) is 5.75 Å². The molecule has 110 valence electrons. The van der Waals surface area contributed by atoms with Crippen molar-refractivity contribution in [2.24, 2.45) is 0 Å². The molecule has 0 atom stereocenters. The standard InChI is InChI=1S/C14H10F3NO3/c1-2-7-20-13(19)11(9-18)8-10-3-5-12(6-4-10)21-14(15,16)17/h2-6,8H,1,7H2/b11-8-. The SMILES string of the molecule is C=CCOC(=O)/C(C#N)=C\c1ccc(OC(F)(F)F)cc1. The molecule has 1 aromatic rings. The Bertz CT molecular complexity index is 583. The number of halogens is 3. The number of benzene rings is 1. The van der Waals surface area contributed by atoms with Gasteiger partial charge in [0.05, 0.1) is 0 Å². The van der Waals surface area contributed by atoms with Crippen molar-refractivity contribution < 1.29 is 27.4 Å². The summed E-state index contributed by atoms with van der Waals surface area (Å²) in [5.41, 5.74) is 0.0815. The van der Waals surface area contributed by atoms with Gasteiger partial charge in [-0.15, -0.1) is 13.2 Å². The second-order valence-corrected chi connectivity index (χ2v) is 3.67. The Morgan fingerprint density at radius 3 is 2.43 bits per heavy atom. The second kappa shape index (κ2) is 7.14. The Kier molecular flexibility index (Phi) is 5.55. The molecule has 0 amide bonds. The molecule has 0 spiro atoms. The van der Waals surface area contributed by atoms with Crippen LogP contribution >= 0.6 is 0 Å². The van der Waals surface area contributed by atoms with Crippen molar-refractivity contribution in [3.63, 3.8) is 0 Å². The Balaban J connectivity index is 2.85. The van der Waals surface area contributed by atoms with Crippen molar-refractivity contribution in [1.82, 2.24) is 0 Å². The van der Waals surface area contributed by atoms with E-state index in [1.54, 1.807) is 6.07 Å². The third-order valence-electron chi connectivity index (χ3n) is 2.10. The van der Waals surface area contributed by atoms with Crippen molar-refractivity contribution in [2.75, 3.05) is 6.61 Å². The van der Waals surface area contributed by atoms with E-state index in [0.717, 1.165) is 12.1 Å². The molecule has 7 heteroatoms. The van der Waals surface area contributed by atoms with Gasteiger partial charge in [-0.3, -0.25) is 0 Å². The van der Waals surface area contributed by atoms with Crippen LogP contribution < -0.4 is 4.74 Å². The molecule has 0 aliphatic heterocycles. The zero-order valence-electron chi connectivity index (χ0n) is 10.7. The van der Waals surface area contributed by atoms with Gasteiger partial charge in [0.1, 0.15) is 24.0 Å². The van der Waals surface area contributed by atoms with Crippen LogP contribution in [0.2, 0.25) is 0 Å². The summed E-state index contributed by atoms with van der Waals surface area (Å²) < 4.78 is 44.3. The lowest BCUT2D eigenvalue weighted by atomic mass is 10.1. The molecular formula is C14H10F3NO3. The number of hydrogen-bond acceptors (Lipinski definition) is 4. The maximum Gasteiger partial charge on any atom is 0.573 e. The van der Waals surface area contributed by atoms with Crippen molar-refractivity contribution in [3.8, 4) is 11.8 Å². The molecule has 21 heavy (non-hydrogen) atoms. The number of carbonyl (C=O) groups excluding carboxylic acids is 1. The molecule has 0 saturated carbocycles. The third-order valence-corrected chi connectivity index (χ3v) is 2.10. The molecule has 0 aliphatic rings. The van der Waals surface area contributed by atoms with E-state index in [-0.39, 0.29) is 12.2 Å². The van der Waals surface area contributed by atoms with Crippen molar-refractivity contribution in [1.29, 1.82) is 5.26 Å². The summed E-state index contributed by atoms with van der Waals surface area (Å²) in [6.07, 6.45) is -2.23. The van der Waals surface area contributed by atoms with E-state index in [0.29, 0.717) is 5.56 Å². The molecule has 0 aromatic heterocycles. The highest BCUT2D eigenvalue weighted by Gasteiger charge is 2.30. The average Bonchev–Trinajstić information content (AvgIpc) is 2.42. The smallest absolute Gasteiger partial charge is 0.457 e. The lowest BCUT2D eigenvalue weighted by molar-refractivity contribution is -0.274. The zero-order valence-corrected chi connectivity index (χ0v) is 10.7. The van der Waals surface area contributed by atoms with Crippen LogP contribution in [0.15, 0.2) is 42.5 Å². The summed E-state index contributed by atoms with van der Waals surface area (Å²) in [7, 11) is 0. The fourth-order valence-corrected chi connectivity index (χ4v) is 1.28. The van der Waals surface area contributed by atoms with Gasteiger partial charge in [-0.25, -0.2) is 4.79 Å². The van der Waals surface area contributed by atoms with Crippen LogP contribution in [0.1, 0.15) is 5.56 Å². The maximum absolute atomic E-state index is 12.0. The number of carbonyl (C=O) groups is 1. The molecule has 0 N–H and O–H groups in total. The monoisotopic (exact) mass is 297 g/mol. The molecule has 0 fully saturated rings. The minimum absolute atomic E-state index is 0.0454. The molecule has 0 heterocycles. The zero-order chi connectivity index (χ0) is 15.9. The number of nitrogens with zero attached hydrogens (tertiary/aromatic N) is 1. The lowest BCUT2D eigenvalue weighted by Gasteiger charge is -2.08. The minimum atomic E-state index is -4.77. The van der Waals surface area contributed by atoms with Crippen molar-refractivity contribution in [3.05, 3.63) is 48.1 Å². The molecular weight excluding hydrogens is 287 g/mol. The molecule has 1 rings (SSSR count). The Morgan fingerprint density at radius 1 is 1.33 bits per heavy atom. The maximum atomic E-state index is 12.0. The van der Waals surface area contributed by atoms with Crippen LogP contribution in [0, 0.1) is 11.3 Å². The first-order valence-corrected chi connectivity index (χ1v) is 5.61. The number of alkyl halides is 3. The van der Waals surface area contributed by atoms with Crippen LogP contribution in [0.25, 0.3) is 6.08 Å². The largest absolute Gasteiger partial charge is 0.573 e. The van der Waals surface area contributed by atoms with E-state index >= 15 is 0 Å². The highest BCUT2D eigenvalue weighted by molar-refractivity contribution is 5.97. The summed E-state index contributed by atoms with van der Waals surface area (Å²) in [4.78, 5) is 11.5. The van der Waals surface area contributed by atoms with E-state index in [9.17, 15) is 18.0 Å². The topological polar surface area (TPSA) is 59.3 Å². The second-order valence-electron chi connectivity index (χ2n) is 3.67. The summed E-state index contributed by atoms with van der Waals surface area (Å²) in [6.45, 7) is 3.31. The number of hydrogen-bond donors (Lipinski definition) is 0. The third kappa shape index (κ3) is 5.82. The Morgan fingerprint density at radius 2 is 1.95 bits per heavy atom. The van der Waals surface area contributed by atoms with Gasteiger partial charge in [0, 0.05) is 0 Å². The molecule has 1 aromatic carbocycles. The van der Waals surface area contributed by atoms with E-state index in [4.69, 9.17) is 5.26 Å². The van der Waals surface area contributed by atoms with E-state index in [1.165, 1.54) is 24.3 Å². The fraction of sp³-hybridized carbons (Fsp3) is 0.143. The first kappa shape index (κ1) is 16.3. The molecule has 0 unspecified atom stereocenters. The van der Waals surface area contributed by atoms with Gasteiger partial charge < -0.3 is 9.47 Å². The molecule has 0 bridgehead atoms. The van der Waals surface area contributed by atoms with E-state index in [1.807, 2.05) is 0 Å². The van der Waals surface area contributed by atoms with E-state index in [2.05, 4.69) is 16.1 Å². The number of rotatable bonds is 5. The van der Waals surface area contributed by atoms with Gasteiger partial charge in [0.25, 0.3) is 0 Å². The van der Waals surface area contributed by atoms with Gasteiger partial charge >= 0.3 is 12.3 Å². The van der Waals surface area contributed by atoms with E-state index < -0.39 is 18.1 Å². The van der Waals surface area contributed by atoms with Gasteiger partial charge in [0.15, 0.2) is 0 Å². The highest BCUT2D eigenvalue weighted by Crippen LogP contribution is 2.23. The number of ether oxygens (including phenoxy) is 2. The molecule has 0 radical (unpaired) electrons. The van der Waals surface area contributed by atoms with Gasteiger partial charge in [-0.2, -0.15) is 5.26 Å². The summed E-state index contributed by atoms with van der Waals surface area (Å²) in [6, 6.07) is 6.35. The number of nitriles is 1. The van der Waals surface area contributed by atoms with Crippen molar-refractivity contribution >= 4 is 12.0 Å². The Hall–Kier alpha value is -2.75.